The molecule has 0 amide bonds. The minimum absolute atomic E-state index is 0.218. The summed E-state index contributed by atoms with van der Waals surface area (Å²) in [7, 11) is 0. The van der Waals surface area contributed by atoms with E-state index in [4.69, 9.17) is 14.6 Å². The lowest BCUT2D eigenvalue weighted by molar-refractivity contribution is -0.138. The van der Waals surface area contributed by atoms with E-state index in [2.05, 4.69) is 15.9 Å². The number of ether oxygens (including phenoxy) is 2. The summed E-state index contributed by atoms with van der Waals surface area (Å²) < 4.78 is 11.2. The van der Waals surface area contributed by atoms with E-state index in [0.29, 0.717) is 17.9 Å². The van der Waals surface area contributed by atoms with Gasteiger partial charge in [-0.15, -0.1) is 0 Å². The number of halogens is 1. The zero-order valence-corrected chi connectivity index (χ0v) is 10.3. The third-order valence-corrected chi connectivity index (χ3v) is 3.26. The first-order chi connectivity index (χ1) is 7.59. The van der Waals surface area contributed by atoms with Crippen molar-refractivity contribution in [2.75, 3.05) is 6.79 Å². The summed E-state index contributed by atoms with van der Waals surface area (Å²) >= 11 is 3.37. The fourth-order valence-electron chi connectivity index (χ4n) is 1.58. The lowest BCUT2D eigenvalue weighted by Crippen LogP contribution is -2.14. The van der Waals surface area contributed by atoms with Crippen LogP contribution in [0.1, 0.15) is 24.0 Å². The molecule has 1 atom stereocenters. The smallest absolute Gasteiger partial charge is 0.310 e. The predicted octanol–water partition coefficient (Wildman–Crippen LogP) is 2.50. The van der Waals surface area contributed by atoms with Crippen molar-refractivity contribution in [2.45, 2.75) is 19.4 Å². The Morgan fingerprint density at radius 2 is 2.31 bits per heavy atom. The largest absolute Gasteiger partial charge is 0.481 e. The molecule has 0 fully saturated rings. The lowest BCUT2D eigenvalue weighted by Gasteiger charge is -2.20. The molecule has 5 heteroatoms. The molecule has 4 nitrogen and oxygen atoms in total. The Labute approximate surface area is 101 Å². The second-order valence-electron chi connectivity index (χ2n) is 3.65. The van der Waals surface area contributed by atoms with Gasteiger partial charge in [-0.25, -0.2) is 0 Å². The van der Waals surface area contributed by atoms with Crippen LogP contribution in [0, 0.1) is 0 Å². The molecular weight excluding hydrogens is 276 g/mol. The van der Waals surface area contributed by atoms with Crippen LogP contribution in [0.5, 0.6) is 5.75 Å². The van der Waals surface area contributed by atoms with Gasteiger partial charge >= 0.3 is 5.97 Å². The topological polar surface area (TPSA) is 55.8 Å². The molecule has 0 saturated carbocycles. The van der Waals surface area contributed by atoms with Gasteiger partial charge in [0.25, 0.3) is 0 Å². The molecule has 1 aliphatic heterocycles. The number of carboxylic acid groups (broad SMARTS) is 1. The second kappa shape index (κ2) is 4.43. The van der Waals surface area contributed by atoms with Crippen molar-refractivity contribution < 1.29 is 19.4 Å². The van der Waals surface area contributed by atoms with Crippen molar-refractivity contribution in [3.63, 3.8) is 0 Å². The van der Waals surface area contributed by atoms with Gasteiger partial charge in [-0.3, -0.25) is 4.79 Å². The van der Waals surface area contributed by atoms with Crippen LogP contribution in [0.4, 0.5) is 0 Å². The highest BCUT2D eigenvalue weighted by atomic mass is 79.9. The normalized spacial score (nSPS) is 16.1. The molecular formula is C11H11BrO4. The zero-order valence-electron chi connectivity index (χ0n) is 8.70. The molecule has 0 saturated heterocycles. The summed E-state index contributed by atoms with van der Waals surface area (Å²) in [6.45, 7) is 2.36. The fourth-order valence-corrected chi connectivity index (χ4v) is 2.31. The van der Waals surface area contributed by atoms with E-state index in [0.717, 1.165) is 10.0 Å². The van der Waals surface area contributed by atoms with Crippen LogP contribution in [0.3, 0.4) is 0 Å². The van der Waals surface area contributed by atoms with Crippen LogP contribution in [0.15, 0.2) is 16.6 Å². The molecule has 1 heterocycles. The number of carboxylic acids is 1. The van der Waals surface area contributed by atoms with E-state index in [9.17, 15) is 4.79 Å². The third-order valence-electron chi connectivity index (χ3n) is 2.57. The highest BCUT2D eigenvalue weighted by molar-refractivity contribution is 9.10. The Morgan fingerprint density at radius 3 is 3.00 bits per heavy atom. The standard InChI is InChI=1S/C11H11BrO4/c1-6(11(13)14)8-3-10-7(2-9(8)12)4-15-5-16-10/h2-3,6H,4-5H2,1H3,(H,13,14). The number of benzene rings is 1. The first-order valence-electron chi connectivity index (χ1n) is 4.85. The van der Waals surface area contributed by atoms with Gasteiger partial charge in [0.05, 0.1) is 12.5 Å². The average molecular weight is 287 g/mol. The summed E-state index contributed by atoms with van der Waals surface area (Å²) in [5, 5.41) is 8.98. The van der Waals surface area contributed by atoms with Crippen LogP contribution in [-0.2, 0) is 16.1 Å². The highest BCUT2D eigenvalue weighted by Gasteiger charge is 2.20. The van der Waals surface area contributed by atoms with Gasteiger partial charge < -0.3 is 14.6 Å². The van der Waals surface area contributed by atoms with Crippen molar-refractivity contribution in [3.05, 3.63) is 27.7 Å². The number of hydrogen-bond acceptors (Lipinski definition) is 3. The Bertz CT molecular complexity index is 430. The molecule has 16 heavy (non-hydrogen) atoms. The molecule has 1 aromatic rings. The van der Waals surface area contributed by atoms with Crippen molar-refractivity contribution >= 4 is 21.9 Å². The number of fused-ring (bicyclic) bond motifs is 1. The molecule has 1 N–H and O–H groups in total. The number of hydrogen-bond donors (Lipinski definition) is 1. The molecule has 1 aliphatic rings. The summed E-state index contributed by atoms with van der Waals surface area (Å²) in [6, 6.07) is 3.62. The van der Waals surface area contributed by atoms with Crippen molar-refractivity contribution in [1.82, 2.24) is 0 Å². The third kappa shape index (κ3) is 2.05. The van der Waals surface area contributed by atoms with Gasteiger partial charge in [0.1, 0.15) is 5.75 Å². The first kappa shape index (κ1) is 11.4. The van der Waals surface area contributed by atoms with Gasteiger partial charge in [0.15, 0.2) is 6.79 Å². The number of aliphatic carboxylic acids is 1. The summed E-state index contributed by atoms with van der Waals surface area (Å²) in [6.07, 6.45) is 0. The molecule has 0 bridgehead atoms. The average Bonchev–Trinajstić information content (AvgIpc) is 2.27. The van der Waals surface area contributed by atoms with Crippen LogP contribution in [-0.4, -0.2) is 17.9 Å². The van der Waals surface area contributed by atoms with Crippen LogP contribution >= 0.6 is 15.9 Å². The van der Waals surface area contributed by atoms with Crippen molar-refractivity contribution in [3.8, 4) is 5.75 Å². The monoisotopic (exact) mass is 286 g/mol. The maximum atomic E-state index is 10.9. The Hall–Kier alpha value is -1.07. The number of carbonyl (C=O) groups is 1. The van der Waals surface area contributed by atoms with Crippen LogP contribution < -0.4 is 4.74 Å². The van der Waals surface area contributed by atoms with E-state index < -0.39 is 11.9 Å². The quantitative estimate of drug-likeness (QED) is 0.908. The van der Waals surface area contributed by atoms with E-state index >= 15 is 0 Å². The van der Waals surface area contributed by atoms with Crippen molar-refractivity contribution in [1.29, 1.82) is 0 Å². The van der Waals surface area contributed by atoms with Gasteiger partial charge in [-0.2, -0.15) is 0 Å². The summed E-state index contributed by atoms with van der Waals surface area (Å²) in [5.74, 6) is -0.712. The minimum Gasteiger partial charge on any atom is -0.481 e. The van der Waals surface area contributed by atoms with Gasteiger partial charge in [0, 0.05) is 10.0 Å². The Balaban J connectivity index is 2.43. The highest BCUT2D eigenvalue weighted by Crippen LogP contribution is 2.34. The minimum atomic E-state index is -0.854. The molecule has 1 unspecified atom stereocenters. The van der Waals surface area contributed by atoms with Crippen molar-refractivity contribution in [2.24, 2.45) is 0 Å². The van der Waals surface area contributed by atoms with E-state index in [-0.39, 0.29) is 6.79 Å². The molecule has 0 aromatic heterocycles. The molecule has 0 spiro atoms. The van der Waals surface area contributed by atoms with Crippen LogP contribution in [0.25, 0.3) is 0 Å². The number of rotatable bonds is 2. The first-order valence-corrected chi connectivity index (χ1v) is 5.64. The molecule has 1 aromatic carbocycles. The van der Waals surface area contributed by atoms with Gasteiger partial charge in [-0.05, 0) is 24.6 Å². The second-order valence-corrected chi connectivity index (χ2v) is 4.51. The Morgan fingerprint density at radius 1 is 1.56 bits per heavy atom. The van der Waals surface area contributed by atoms with E-state index in [1.54, 1.807) is 13.0 Å². The summed E-state index contributed by atoms with van der Waals surface area (Å²) in [4.78, 5) is 10.9. The van der Waals surface area contributed by atoms with Crippen LogP contribution in [0.2, 0.25) is 0 Å². The molecule has 0 radical (unpaired) electrons. The lowest BCUT2D eigenvalue weighted by atomic mass is 9.99. The predicted molar refractivity (Wildman–Crippen MR) is 60.5 cm³/mol. The van der Waals surface area contributed by atoms with Gasteiger partial charge in [0.2, 0.25) is 0 Å². The fraction of sp³-hybridized carbons (Fsp3) is 0.364. The SMILES string of the molecule is CC(C(=O)O)c1cc2c(cc1Br)COCO2. The molecule has 86 valence electrons. The Kier molecular flexibility index (Phi) is 3.16. The maximum absolute atomic E-state index is 10.9. The van der Waals surface area contributed by atoms with Gasteiger partial charge in [-0.1, -0.05) is 15.9 Å². The molecule has 2 rings (SSSR count). The maximum Gasteiger partial charge on any atom is 0.310 e. The molecule has 0 aliphatic carbocycles. The summed E-state index contributed by atoms with van der Waals surface area (Å²) in [5.41, 5.74) is 1.65. The van der Waals surface area contributed by atoms with E-state index in [1.807, 2.05) is 6.07 Å². The van der Waals surface area contributed by atoms with E-state index in [1.165, 1.54) is 0 Å². The zero-order chi connectivity index (χ0) is 11.7.